The fourth-order valence-corrected chi connectivity index (χ4v) is 1.36. The molecule has 1 aromatic rings. The number of alkyl halides is 3. The average Bonchev–Trinajstić information content (AvgIpc) is 2.11. The van der Waals surface area contributed by atoms with Crippen LogP contribution in [0.15, 0.2) is 28.7 Å². The molecule has 0 aliphatic carbocycles. The molecular formula is C9H9BrF3NO. The summed E-state index contributed by atoms with van der Waals surface area (Å²) >= 11 is 3.25. The Balaban J connectivity index is 2.26. The summed E-state index contributed by atoms with van der Waals surface area (Å²) in [6.07, 6.45) is -4.56. The smallest absolute Gasteiger partial charge is 0.383 e. The van der Waals surface area contributed by atoms with Crippen LogP contribution in [0.4, 0.5) is 18.9 Å². The lowest BCUT2D eigenvalue weighted by molar-refractivity contribution is -0.322. The van der Waals surface area contributed by atoms with Crippen LogP contribution in [0.3, 0.4) is 0 Å². The molecule has 0 aliphatic rings. The maximum Gasteiger partial charge on any atom is 0.522 e. The van der Waals surface area contributed by atoms with E-state index in [0.29, 0.717) is 0 Å². The molecule has 1 N–H and O–H groups in total. The zero-order valence-electron chi connectivity index (χ0n) is 7.64. The molecule has 0 saturated carbocycles. The van der Waals surface area contributed by atoms with Crippen molar-refractivity contribution in [1.29, 1.82) is 0 Å². The maximum absolute atomic E-state index is 11.6. The average molecular weight is 284 g/mol. The minimum absolute atomic E-state index is 0.107. The molecule has 0 amide bonds. The van der Waals surface area contributed by atoms with Gasteiger partial charge in [-0.25, -0.2) is 0 Å². The van der Waals surface area contributed by atoms with Gasteiger partial charge in [0, 0.05) is 16.7 Å². The standard InChI is InChI=1S/C9H9BrF3NO/c10-7-2-1-3-8(6-7)14-4-5-15-9(11,12)13/h1-3,6,14H,4-5H2. The lowest BCUT2D eigenvalue weighted by Gasteiger charge is -2.09. The molecule has 0 radical (unpaired) electrons. The number of hydrogen-bond donors (Lipinski definition) is 1. The van der Waals surface area contributed by atoms with E-state index in [9.17, 15) is 13.2 Å². The molecule has 2 nitrogen and oxygen atoms in total. The Kier molecular flexibility index (Phi) is 4.41. The first-order valence-corrected chi connectivity index (χ1v) is 4.97. The molecule has 1 aromatic carbocycles. The van der Waals surface area contributed by atoms with Gasteiger partial charge < -0.3 is 5.32 Å². The minimum atomic E-state index is -4.56. The third-order valence-corrected chi connectivity index (χ3v) is 2.01. The number of nitrogens with one attached hydrogen (secondary N) is 1. The largest absolute Gasteiger partial charge is 0.522 e. The van der Waals surface area contributed by atoms with E-state index in [4.69, 9.17) is 0 Å². The van der Waals surface area contributed by atoms with Gasteiger partial charge in [-0.15, -0.1) is 13.2 Å². The van der Waals surface area contributed by atoms with Gasteiger partial charge in [0.2, 0.25) is 0 Å². The normalized spacial score (nSPS) is 11.5. The summed E-state index contributed by atoms with van der Waals surface area (Å²) in [6.45, 7) is -0.300. The third-order valence-electron chi connectivity index (χ3n) is 1.52. The molecule has 0 unspecified atom stereocenters. The number of halogens is 4. The van der Waals surface area contributed by atoms with Crippen LogP contribution in [0.1, 0.15) is 0 Å². The van der Waals surface area contributed by atoms with Gasteiger partial charge in [-0.2, -0.15) is 0 Å². The first-order valence-electron chi connectivity index (χ1n) is 4.17. The molecule has 15 heavy (non-hydrogen) atoms. The molecule has 0 heterocycles. The van der Waals surface area contributed by atoms with Gasteiger partial charge in [-0.05, 0) is 18.2 Å². The lowest BCUT2D eigenvalue weighted by atomic mass is 10.3. The van der Waals surface area contributed by atoms with Crippen molar-refractivity contribution in [3.8, 4) is 0 Å². The zero-order chi connectivity index (χ0) is 11.3. The summed E-state index contributed by atoms with van der Waals surface area (Å²) < 4.78 is 39.2. The van der Waals surface area contributed by atoms with Gasteiger partial charge in [0.1, 0.15) is 0 Å². The van der Waals surface area contributed by atoms with Crippen LogP contribution in [-0.4, -0.2) is 19.5 Å². The minimum Gasteiger partial charge on any atom is -0.383 e. The number of rotatable bonds is 4. The molecular weight excluding hydrogens is 275 g/mol. The van der Waals surface area contributed by atoms with Crippen molar-refractivity contribution >= 4 is 21.6 Å². The highest BCUT2D eigenvalue weighted by Crippen LogP contribution is 2.17. The molecule has 0 saturated heterocycles. The predicted octanol–water partition coefficient (Wildman–Crippen LogP) is 3.40. The summed E-state index contributed by atoms with van der Waals surface area (Å²) in [6, 6.07) is 7.15. The van der Waals surface area contributed by atoms with E-state index in [1.54, 1.807) is 18.2 Å². The van der Waals surface area contributed by atoms with Gasteiger partial charge in [0.05, 0.1) is 6.61 Å². The van der Waals surface area contributed by atoms with Gasteiger partial charge in [-0.3, -0.25) is 4.74 Å². The van der Waals surface area contributed by atoms with E-state index >= 15 is 0 Å². The zero-order valence-corrected chi connectivity index (χ0v) is 9.23. The van der Waals surface area contributed by atoms with Gasteiger partial charge >= 0.3 is 6.36 Å². The fourth-order valence-electron chi connectivity index (χ4n) is 0.961. The Bertz CT molecular complexity index is 316. The highest BCUT2D eigenvalue weighted by atomic mass is 79.9. The van der Waals surface area contributed by atoms with Crippen LogP contribution in [0.25, 0.3) is 0 Å². The van der Waals surface area contributed by atoms with Crippen molar-refractivity contribution in [2.45, 2.75) is 6.36 Å². The Morgan fingerprint density at radius 1 is 1.33 bits per heavy atom. The molecule has 1 rings (SSSR count). The second kappa shape index (κ2) is 5.37. The van der Waals surface area contributed by atoms with Crippen molar-refractivity contribution in [1.82, 2.24) is 0 Å². The van der Waals surface area contributed by atoms with Crippen LogP contribution in [0, 0.1) is 0 Å². The van der Waals surface area contributed by atoms with Crippen molar-refractivity contribution in [3.05, 3.63) is 28.7 Å². The summed E-state index contributed by atoms with van der Waals surface area (Å²) in [5.74, 6) is 0. The number of anilines is 1. The second-order valence-corrected chi connectivity index (χ2v) is 3.65. The Morgan fingerprint density at radius 2 is 2.07 bits per heavy atom. The molecule has 0 spiro atoms. The number of ether oxygens (including phenoxy) is 1. The second-order valence-electron chi connectivity index (χ2n) is 2.73. The first kappa shape index (κ1) is 12.3. The van der Waals surface area contributed by atoms with E-state index in [-0.39, 0.29) is 6.54 Å². The van der Waals surface area contributed by atoms with E-state index in [0.717, 1.165) is 10.2 Å². The van der Waals surface area contributed by atoms with E-state index in [1.165, 1.54) is 0 Å². The first-order chi connectivity index (χ1) is 6.97. The predicted molar refractivity (Wildman–Crippen MR) is 54.6 cm³/mol. The summed E-state index contributed by atoms with van der Waals surface area (Å²) in [7, 11) is 0. The van der Waals surface area contributed by atoms with Crippen molar-refractivity contribution in [2.75, 3.05) is 18.5 Å². The number of hydrogen-bond acceptors (Lipinski definition) is 2. The quantitative estimate of drug-likeness (QED) is 0.856. The fraction of sp³-hybridized carbons (Fsp3) is 0.333. The molecule has 0 bridgehead atoms. The van der Waals surface area contributed by atoms with E-state index < -0.39 is 13.0 Å². The Morgan fingerprint density at radius 3 is 2.67 bits per heavy atom. The summed E-state index contributed by atoms with van der Waals surface area (Å²) in [4.78, 5) is 0. The molecule has 0 aromatic heterocycles. The van der Waals surface area contributed by atoms with Crippen LogP contribution < -0.4 is 5.32 Å². The monoisotopic (exact) mass is 283 g/mol. The molecule has 0 fully saturated rings. The van der Waals surface area contributed by atoms with Crippen LogP contribution in [-0.2, 0) is 4.74 Å². The highest BCUT2D eigenvalue weighted by molar-refractivity contribution is 9.10. The number of benzene rings is 1. The van der Waals surface area contributed by atoms with Gasteiger partial charge in [0.25, 0.3) is 0 Å². The summed E-state index contributed by atoms with van der Waals surface area (Å²) in [5, 5.41) is 2.80. The van der Waals surface area contributed by atoms with Crippen LogP contribution >= 0.6 is 15.9 Å². The summed E-state index contributed by atoms with van der Waals surface area (Å²) in [5.41, 5.74) is 0.746. The third kappa shape index (κ3) is 5.64. The van der Waals surface area contributed by atoms with Crippen molar-refractivity contribution in [3.63, 3.8) is 0 Å². The van der Waals surface area contributed by atoms with Crippen LogP contribution in [0.2, 0.25) is 0 Å². The molecule has 0 atom stereocenters. The van der Waals surface area contributed by atoms with Crippen LogP contribution in [0.5, 0.6) is 0 Å². The van der Waals surface area contributed by atoms with Crippen molar-refractivity contribution in [2.24, 2.45) is 0 Å². The highest BCUT2D eigenvalue weighted by Gasteiger charge is 2.28. The van der Waals surface area contributed by atoms with Gasteiger partial charge in [0.15, 0.2) is 0 Å². The topological polar surface area (TPSA) is 21.3 Å². The van der Waals surface area contributed by atoms with E-state index in [1.807, 2.05) is 6.07 Å². The van der Waals surface area contributed by atoms with Crippen molar-refractivity contribution < 1.29 is 17.9 Å². The molecule has 84 valence electrons. The Hall–Kier alpha value is -0.750. The molecule has 0 aliphatic heterocycles. The molecule has 6 heteroatoms. The maximum atomic E-state index is 11.6. The van der Waals surface area contributed by atoms with Gasteiger partial charge in [-0.1, -0.05) is 22.0 Å². The van der Waals surface area contributed by atoms with E-state index in [2.05, 4.69) is 26.0 Å². The lowest BCUT2D eigenvalue weighted by Crippen LogP contribution is -2.19. The Labute approximate surface area is 93.6 Å². The SMILES string of the molecule is FC(F)(F)OCCNc1cccc(Br)c1.